The van der Waals surface area contributed by atoms with Gasteiger partial charge in [0, 0.05) is 5.92 Å². The first-order valence-corrected chi connectivity index (χ1v) is 4.46. The summed E-state index contributed by atoms with van der Waals surface area (Å²) in [5.41, 5.74) is 0. The molecule has 1 aromatic rings. The number of hydrogen-bond acceptors (Lipinski definition) is 4. The first-order chi connectivity index (χ1) is 6.66. The van der Waals surface area contributed by atoms with Crippen molar-refractivity contribution in [2.45, 2.75) is 19.8 Å². The Bertz CT molecular complexity index is 376. The Balaban J connectivity index is 2.37. The van der Waals surface area contributed by atoms with Crippen LogP contribution < -0.4 is 10.1 Å². The van der Waals surface area contributed by atoms with Crippen molar-refractivity contribution in [1.29, 1.82) is 0 Å². The van der Waals surface area contributed by atoms with Crippen LogP contribution in [0, 0.1) is 0 Å². The normalized spacial score (nSPS) is 14.6. The Morgan fingerprint density at radius 3 is 3.07 bits per heavy atom. The third kappa shape index (κ3) is 1.53. The van der Waals surface area contributed by atoms with E-state index in [9.17, 15) is 4.79 Å². The molecule has 0 radical (unpaired) electrons. The molecule has 5 nitrogen and oxygen atoms in total. The van der Waals surface area contributed by atoms with Crippen LogP contribution in [-0.4, -0.2) is 22.5 Å². The maximum Gasteiger partial charge on any atom is 0.263 e. The number of hydrogen-bond donors (Lipinski definition) is 1. The van der Waals surface area contributed by atoms with Gasteiger partial charge in [-0.2, -0.15) is 0 Å². The number of carbonyl (C=O) groups excluding carboxylic acids is 1. The summed E-state index contributed by atoms with van der Waals surface area (Å²) in [4.78, 5) is 19.3. The summed E-state index contributed by atoms with van der Waals surface area (Å²) in [6.07, 6.45) is 1.59. The molecule has 0 aromatic carbocycles. The predicted molar refractivity (Wildman–Crippen MR) is 50.2 cm³/mol. The lowest BCUT2D eigenvalue weighted by atomic mass is 10.2. The molecule has 0 bridgehead atoms. The summed E-state index contributed by atoms with van der Waals surface area (Å²) in [6.45, 7) is 4.03. The topological polar surface area (TPSA) is 64.1 Å². The average molecular weight is 193 g/mol. The predicted octanol–water partition coefficient (Wildman–Crippen LogP) is 0.931. The lowest BCUT2D eigenvalue weighted by molar-refractivity contribution is -0.118. The number of aromatic nitrogens is 2. The minimum Gasteiger partial charge on any atom is -0.478 e. The van der Waals surface area contributed by atoms with Crippen LogP contribution >= 0.6 is 0 Å². The van der Waals surface area contributed by atoms with Gasteiger partial charge in [-0.15, -0.1) is 0 Å². The fourth-order valence-corrected chi connectivity index (χ4v) is 1.17. The highest BCUT2D eigenvalue weighted by Gasteiger charge is 2.18. The van der Waals surface area contributed by atoms with E-state index in [1.165, 1.54) is 0 Å². The zero-order valence-corrected chi connectivity index (χ0v) is 8.07. The Morgan fingerprint density at radius 1 is 1.57 bits per heavy atom. The summed E-state index contributed by atoms with van der Waals surface area (Å²) in [7, 11) is 0. The molecule has 0 aliphatic carbocycles. The summed E-state index contributed by atoms with van der Waals surface area (Å²) in [5, 5.41) is 2.64. The Kier molecular flexibility index (Phi) is 2.07. The van der Waals surface area contributed by atoms with Gasteiger partial charge in [-0.05, 0) is 0 Å². The molecule has 1 aliphatic rings. The second-order valence-electron chi connectivity index (χ2n) is 3.43. The van der Waals surface area contributed by atoms with E-state index in [-0.39, 0.29) is 18.4 Å². The highest BCUT2D eigenvalue weighted by molar-refractivity contribution is 5.94. The SMILES string of the molecule is CC(C)c1ncc2c(n1)NC(=O)CO2. The molecule has 2 rings (SSSR count). The molecule has 0 spiro atoms. The molecular formula is C9H11N3O2. The molecule has 0 saturated carbocycles. The fraction of sp³-hybridized carbons (Fsp3) is 0.444. The number of anilines is 1. The van der Waals surface area contributed by atoms with Gasteiger partial charge in [-0.25, -0.2) is 9.97 Å². The van der Waals surface area contributed by atoms with Crippen LogP contribution in [-0.2, 0) is 4.79 Å². The Hall–Kier alpha value is -1.65. The van der Waals surface area contributed by atoms with Gasteiger partial charge in [0.1, 0.15) is 5.82 Å². The number of amides is 1. The molecule has 0 atom stereocenters. The first-order valence-electron chi connectivity index (χ1n) is 4.46. The van der Waals surface area contributed by atoms with Crippen LogP contribution in [0.4, 0.5) is 5.82 Å². The Labute approximate surface area is 81.5 Å². The number of nitrogens with zero attached hydrogens (tertiary/aromatic N) is 2. The van der Waals surface area contributed by atoms with E-state index in [2.05, 4.69) is 15.3 Å². The van der Waals surface area contributed by atoms with Crippen LogP contribution in [0.3, 0.4) is 0 Å². The maximum absolute atomic E-state index is 11.0. The summed E-state index contributed by atoms with van der Waals surface area (Å²) in [6, 6.07) is 0. The van der Waals surface area contributed by atoms with Crippen molar-refractivity contribution in [3.8, 4) is 5.75 Å². The van der Waals surface area contributed by atoms with Crippen LogP contribution in [0.2, 0.25) is 0 Å². The van der Waals surface area contributed by atoms with Gasteiger partial charge in [0.25, 0.3) is 5.91 Å². The second kappa shape index (κ2) is 3.25. The largest absolute Gasteiger partial charge is 0.478 e. The zero-order chi connectivity index (χ0) is 10.1. The number of nitrogens with one attached hydrogen (secondary N) is 1. The third-order valence-corrected chi connectivity index (χ3v) is 1.91. The molecule has 74 valence electrons. The van der Waals surface area contributed by atoms with E-state index in [0.29, 0.717) is 17.4 Å². The van der Waals surface area contributed by atoms with Gasteiger partial charge in [0.2, 0.25) is 0 Å². The van der Waals surface area contributed by atoms with E-state index in [4.69, 9.17) is 4.74 Å². The van der Waals surface area contributed by atoms with Gasteiger partial charge in [-0.1, -0.05) is 13.8 Å². The fourth-order valence-electron chi connectivity index (χ4n) is 1.17. The van der Waals surface area contributed by atoms with Crippen LogP contribution in [0.1, 0.15) is 25.6 Å². The molecule has 14 heavy (non-hydrogen) atoms. The summed E-state index contributed by atoms with van der Waals surface area (Å²) in [5.74, 6) is 1.77. The van der Waals surface area contributed by atoms with E-state index < -0.39 is 0 Å². The number of carbonyl (C=O) groups is 1. The minimum absolute atomic E-state index is 0.0391. The van der Waals surface area contributed by atoms with E-state index in [1.54, 1.807) is 6.20 Å². The van der Waals surface area contributed by atoms with Crippen molar-refractivity contribution in [2.75, 3.05) is 11.9 Å². The second-order valence-corrected chi connectivity index (χ2v) is 3.43. The standard InChI is InChI=1S/C9H11N3O2/c1-5(2)8-10-3-6-9(12-8)11-7(13)4-14-6/h3,5H,4H2,1-2H3,(H,10,11,12,13). The van der Waals surface area contributed by atoms with Crippen molar-refractivity contribution in [3.05, 3.63) is 12.0 Å². The van der Waals surface area contributed by atoms with Crippen LogP contribution in [0.25, 0.3) is 0 Å². The molecule has 0 unspecified atom stereocenters. The van der Waals surface area contributed by atoms with Crippen molar-refractivity contribution < 1.29 is 9.53 Å². The van der Waals surface area contributed by atoms with Crippen molar-refractivity contribution in [1.82, 2.24) is 9.97 Å². The van der Waals surface area contributed by atoms with Crippen molar-refractivity contribution in [3.63, 3.8) is 0 Å². The lowest BCUT2D eigenvalue weighted by Crippen LogP contribution is -2.26. The first kappa shape index (κ1) is 8.93. The van der Waals surface area contributed by atoms with Crippen LogP contribution in [0.5, 0.6) is 5.75 Å². The quantitative estimate of drug-likeness (QED) is 0.720. The van der Waals surface area contributed by atoms with Gasteiger partial charge >= 0.3 is 0 Å². The van der Waals surface area contributed by atoms with Gasteiger partial charge in [0.05, 0.1) is 6.20 Å². The maximum atomic E-state index is 11.0. The van der Waals surface area contributed by atoms with Gasteiger partial charge < -0.3 is 10.1 Å². The van der Waals surface area contributed by atoms with Crippen molar-refractivity contribution >= 4 is 11.7 Å². The summed E-state index contributed by atoms with van der Waals surface area (Å²) < 4.78 is 5.13. The monoisotopic (exact) mass is 193 g/mol. The number of rotatable bonds is 1. The minimum atomic E-state index is -0.175. The number of fused-ring (bicyclic) bond motifs is 1. The van der Waals surface area contributed by atoms with E-state index in [1.807, 2.05) is 13.8 Å². The summed E-state index contributed by atoms with van der Waals surface area (Å²) >= 11 is 0. The van der Waals surface area contributed by atoms with Crippen LogP contribution in [0.15, 0.2) is 6.20 Å². The number of ether oxygens (including phenoxy) is 1. The molecule has 1 amide bonds. The Morgan fingerprint density at radius 2 is 2.36 bits per heavy atom. The molecule has 0 saturated heterocycles. The van der Waals surface area contributed by atoms with Gasteiger partial charge in [-0.3, -0.25) is 4.79 Å². The molecule has 2 heterocycles. The zero-order valence-electron chi connectivity index (χ0n) is 8.07. The molecule has 1 aromatic heterocycles. The molecule has 1 N–H and O–H groups in total. The van der Waals surface area contributed by atoms with E-state index in [0.717, 1.165) is 0 Å². The molecule has 5 heteroatoms. The molecule has 0 fully saturated rings. The molecular weight excluding hydrogens is 182 g/mol. The van der Waals surface area contributed by atoms with Gasteiger partial charge in [0.15, 0.2) is 18.2 Å². The highest BCUT2D eigenvalue weighted by Crippen LogP contribution is 2.25. The average Bonchev–Trinajstić information content (AvgIpc) is 2.16. The third-order valence-electron chi connectivity index (χ3n) is 1.91. The lowest BCUT2D eigenvalue weighted by Gasteiger charge is -2.17. The smallest absolute Gasteiger partial charge is 0.263 e. The highest BCUT2D eigenvalue weighted by atomic mass is 16.5. The molecule has 1 aliphatic heterocycles. The van der Waals surface area contributed by atoms with Crippen molar-refractivity contribution in [2.24, 2.45) is 0 Å². The van der Waals surface area contributed by atoms with E-state index >= 15 is 0 Å².